The molecule has 2 saturated heterocycles. The van der Waals surface area contributed by atoms with Gasteiger partial charge in [-0.05, 0) is 45.0 Å². The summed E-state index contributed by atoms with van der Waals surface area (Å²) in [5.74, 6) is 1.26. The van der Waals surface area contributed by atoms with Gasteiger partial charge < -0.3 is 14.5 Å². The van der Waals surface area contributed by atoms with Crippen molar-refractivity contribution in [1.29, 1.82) is 0 Å². The molecule has 0 bridgehead atoms. The molecule has 2 aliphatic rings. The van der Waals surface area contributed by atoms with Gasteiger partial charge >= 0.3 is 0 Å². The van der Waals surface area contributed by atoms with Gasteiger partial charge in [-0.3, -0.25) is 9.69 Å². The lowest BCUT2D eigenvalue weighted by Gasteiger charge is -2.36. The fourth-order valence-electron chi connectivity index (χ4n) is 3.99. The molecule has 0 aromatic heterocycles. The first-order valence-corrected chi connectivity index (χ1v) is 10.1. The highest BCUT2D eigenvalue weighted by atomic mass is 16.5. The predicted molar refractivity (Wildman–Crippen MR) is 104 cm³/mol. The number of ether oxygens (including phenoxy) is 1. The quantitative estimate of drug-likeness (QED) is 0.749. The van der Waals surface area contributed by atoms with Gasteiger partial charge in [-0.2, -0.15) is 0 Å². The number of carbonyl (C=O) groups is 1. The summed E-state index contributed by atoms with van der Waals surface area (Å²) in [4.78, 5) is 19.4. The largest absolute Gasteiger partial charge is 0.492 e. The lowest BCUT2D eigenvalue weighted by atomic mass is 9.98. The molecule has 1 amide bonds. The molecule has 2 fully saturated rings. The Morgan fingerprint density at radius 3 is 2.58 bits per heavy atom. The minimum absolute atomic E-state index is 0.337. The summed E-state index contributed by atoms with van der Waals surface area (Å²) in [5.41, 5.74) is 0. The molecule has 0 N–H and O–H groups in total. The minimum Gasteiger partial charge on any atom is -0.492 e. The van der Waals surface area contributed by atoms with E-state index in [1.807, 2.05) is 30.3 Å². The Hall–Kier alpha value is -1.59. The maximum atomic E-state index is 12.5. The second kappa shape index (κ2) is 9.93. The third-order valence-electron chi connectivity index (χ3n) is 5.76. The summed E-state index contributed by atoms with van der Waals surface area (Å²) in [6.45, 7) is 6.41. The van der Waals surface area contributed by atoms with Crippen molar-refractivity contribution < 1.29 is 9.53 Å². The standard InChI is InChI=1S/C21H33N3O2/c1-22-12-6-5-7-19(22)10-11-21(25)24-15-13-23(14-16-24)17-18-26-20-8-3-2-4-9-20/h2-4,8-9,19H,5-7,10-18H2,1H3/t19-/m1/s1. The van der Waals surface area contributed by atoms with Crippen molar-refractivity contribution in [3.05, 3.63) is 30.3 Å². The third-order valence-corrected chi connectivity index (χ3v) is 5.76. The van der Waals surface area contributed by atoms with Crippen LogP contribution >= 0.6 is 0 Å². The van der Waals surface area contributed by atoms with E-state index >= 15 is 0 Å². The summed E-state index contributed by atoms with van der Waals surface area (Å²) in [5, 5.41) is 0. The molecule has 144 valence electrons. The van der Waals surface area contributed by atoms with Crippen LogP contribution in [-0.2, 0) is 4.79 Å². The summed E-state index contributed by atoms with van der Waals surface area (Å²) in [6.07, 6.45) is 5.58. The van der Waals surface area contributed by atoms with Gasteiger partial charge in [0.1, 0.15) is 12.4 Å². The Morgan fingerprint density at radius 2 is 1.85 bits per heavy atom. The molecule has 0 saturated carbocycles. The second-order valence-electron chi connectivity index (χ2n) is 7.55. The number of benzene rings is 1. The molecular weight excluding hydrogens is 326 g/mol. The Kier molecular flexibility index (Phi) is 7.32. The fraction of sp³-hybridized carbons (Fsp3) is 0.667. The molecule has 5 heteroatoms. The van der Waals surface area contributed by atoms with Crippen LogP contribution in [-0.4, -0.2) is 79.6 Å². The van der Waals surface area contributed by atoms with Crippen LogP contribution in [0, 0.1) is 0 Å². The molecule has 0 radical (unpaired) electrons. The molecule has 2 aliphatic heterocycles. The second-order valence-corrected chi connectivity index (χ2v) is 7.55. The summed E-state index contributed by atoms with van der Waals surface area (Å²) < 4.78 is 5.77. The third kappa shape index (κ3) is 5.71. The average molecular weight is 360 g/mol. The van der Waals surface area contributed by atoms with Crippen molar-refractivity contribution >= 4 is 5.91 Å². The molecule has 0 spiro atoms. The maximum absolute atomic E-state index is 12.5. The van der Waals surface area contributed by atoms with E-state index in [9.17, 15) is 4.79 Å². The van der Waals surface area contributed by atoms with Crippen molar-refractivity contribution in [1.82, 2.24) is 14.7 Å². The van der Waals surface area contributed by atoms with E-state index in [1.54, 1.807) is 0 Å². The summed E-state index contributed by atoms with van der Waals surface area (Å²) in [7, 11) is 2.20. The van der Waals surface area contributed by atoms with Crippen LogP contribution in [0.3, 0.4) is 0 Å². The molecule has 1 aromatic carbocycles. The van der Waals surface area contributed by atoms with E-state index in [0.29, 0.717) is 25.0 Å². The number of piperidine rings is 1. The molecule has 5 nitrogen and oxygen atoms in total. The average Bonchev–Trinajstić information content (AvgIpc) is 2.68. The number of piperazine rings is 1. The molecular formula is C21H33N3O2. The number of hydrogen-bond acceptors (Lipinski definition) is 4. The fourth-order valence-corrected chi connectivity index (χ4v) is 3.99. The smallest absolute Gasteiger partial charge is 0.222 e. The van der Waals surface area contributed by atoms with E-state index < -0.39 is 0 Å². The van der Waals surface area contributed by atoms with E-state index in [1.165, 1.54) is 25.8 Å². The van der Waals surface area contributed by atoms with Gasteiger partial charge in [-0.15, -0.1) is 0 Å². The highest BCUT2D eigenvalue weighted by molar-refractivity contribution is 5.76. The Bertz CT molecular complexity index is 543. The zero-order chi connectivity index (χ0) is 18.2. The lowest BCUT2D eigenvalue weighted by molar-refractivity contribution is -0.133. The molecule has 3 rings (SSSR count). The zero-order valence-electron chi connectivity index (χ0n) is 16.1. The van der Waals surface area contributed by atoms with Gasteiger partial charge in [0, 0.05) is 45.2 Å². The SMILES string of the molecule is CN1CCCC[C@@H]1CCC(=O)N1CCN(CCOc2ccccc2)CC1. The Balaban J connectivity index is 1.30. The number of amides is 1. The number of nitrogens with zero attached hydrogens (tertiary/aromatic N) is 3. The van der Waals surface area contributed by atoms with Crippen molar-refractivity contribution in [2.75, 3.05) is 52.9 Å². The van der Waals surface area contributed by atoms with Crippen LogP contribution in [0.4, 0.5) is 0 Å². The molecule has 0 aliphatic carbocycles. The summed E-state index contributed by atoms with van der Waals surface area (Å²) >= 11 is 0. The van der Waals surface area contributed by atoms with Gasteiger partial charge in [0.25, 0.3) is 0 Å². The highest BCUT2D eigenvalue weighted by Gasteiger charge is 2.24. The predicted octanol–water partition coefficient (Wildman–Crippen LogP) is 2.47. The highest BCUT2D eigenvalue weighted by Crippen LogP contribution is 2.19. The number of likely N-dealkylation sites (tertiary alicyclic amines) is 1. The van der Waals surface area contributed by atoms with Gasteiger partial charge in [0.2, 0.25) is 5.91 Å². The van der Waals surface area contributed by atoms with Crippen LogP contribution < -0.4 is 4.74 Å². The summed E-state index contributed by atoms with van der Waals surface area (Å²) in [6, 6.07) is 10.6. The van der Waals surface area contributed by atoms with Crippen molar-refractivity contribution in [3.63, 3.8) is 0 Å². The van der Waals surface area contributed by atoms with Crippen LogP contribution in [0.2, 0.25) is 0 Å². The first-order valence-electron chi connectivity index (χ1n) is 10.1. The van der Waals surface area contributed by atoms with Gasteiger partial charge in [-0.25, -0.2) is 0 Å². The van der Waals surface area contributed by atoms with E-state index in [-0.39, 0.29) is 0 Å². The zero-order valence-corrected chi connectivity index (χ0v) is 16.1. The van der Waals surface area contributed by atoms with Crippen LogP contribution in [0.1, 0.15) is 32.1 Å². The van der Waals surface area contributed by atoms with Gasteiger partial charge in [0.15, 0.2) is 0 Å². The van der Waals surface area contributed by atoms with E-state index in [0.717, 1.165) is 44.9 Å². The van der Waals surface area contributed by atoms with Gasteiger partial charge in [-0.1, -0.05) is 24.6 Å². The number of rotatable bonds is 7. The molecule has 1 aromatic rings. The molecule has 1 atom stereocenters. The minimum atomic E-state index is 0.337. The number of para-hydroxylation sites is 1. The molecule has 2 heterocycles. The molecule has 0 unspecified atom stereocenters. The van der Waals surface area contributed by atoms with Crippen LogP contribution in [0.15, 0.2) is 30.3 Å². The maximum Gasteiger partial charge on any atom is 0.222 e. The van der Waals surface area contributed by atoms with E-state index in [4.69, 9.17) is 4.74 Å². The number of hydrogen-bond donors (Lipinski definition) is 0. The Labute approximate surface area is 157 Å². The number of carbonyl (C=O) groups excluding carboxylic acids is 1. The molecule has 26 heavy (non-hydrogen) atoms. The first kappa shape index (κ1) is 19.2. The lowest BCUT2D eigenvalue weighted by Crippen LogP contribution is -2.49. The normalized spacial score (nSPS) is 22.3. The Morgan fingerprint density at radius 1 is 1.08 bits per heavy atom. The topological polar surface area (TPSA) is 36.0 Å². The van der Waals surface area contributed by atoms with E-state index in [2.05, 4.69) is 21.7 Å². The van der Waals surface area contributed by atoms with Crippen molar-refractivity contribution in [2.24, 2.45) is 0 Å². The van der Waals surface area contributed by atoms with Crippen LogP contribution in [0.5, 0.6) is 5.75 Å². The van der Waals surface area contributed by atoms with Gasteiger partial charge in [0.05, 0.1) is 0 Å². The van der Waals surface area contributed by atoms with Crippen molar-refractivity contribution in [3.8, 4) is 5.75 Å². The van der Waals surface area contributed by atoms with Crippen molar-refractivity contribution in [2.45, 2.75) is 38.1 Å². The van der Waals surface area contributed by atoms with Crippen LogP contribution in [0.25, 0.3) is 0 Å². The first-order chi connectivity index (χ1) is 12.7. The monoisotopic (exact) mass is 359 g/mol.